The second kappa shape index (κ2) is 8.46. The van der Waals surface area contributed by atoms with Crippen molar-refractivity contribution >= 4 is 22.8 Å². The molecule has 0 atom stereocenters. The van der Waals surface area contributed by atoms with Crippen LogP contribution in [-0.4, -0.2) is 35.1 Å². The van der Waals surface area contributed by atoms with E-state index in [2.05, 4.69) is 26.7 Å². The minimum Gasteiger partial charge on any atom is -0.487 e. The Morgan fingerprint density at radius 1 is 1.06 bits per heavy atom. The van der Waals surface area contributed by atoms with Gasteiger partial charge in [-0.1, -0.05) is 18.2 Å². The van der Waals surface area contributed by atoms with Crippen LogP contribution in [0, 0.1) is 11.3 Å². The number of ether oxygens (including phenoxy) is 1. The fraction of sp³-hybridized carbons (Fsp3) is 0.120. The summed E-state index contributed by atoms with van der Waals surface area (Å²) < 4.78 is 6.11. The Balaban J connectivity index is 1.45. The number of hydrogen-bond donors (Lipinski definition) is 2. The highest BCUT2D eigenvalue weighted by molar-refractivity contribution is 6.06. The Hall–Kier alpha value is -4.28. The van der Waals surface area contributed by atoms with E-state index in [0.29, 0.717) is 28.3 Å². The standard InChI is InChI=1S/C25H19N5O2/c26-13-16-3-5-17(6-4-16)19-7-9-21(22(12-19)32-20-14-27-15-20)25(31)30-23-10-8-18-2-1-11-28-24(18)29-23/h1-12,20,27H,14-15H2,(H,28,29,30,31). The number of fused-ring (bicyclic) bond motifs is 1. The molecule has 2 aromatic carbocycles. The van der Waals surface area contributed by atoms with Gasteiger partial charge in [0.2, 0.25) is 0 Å². The van der Waals surface area contributed by atoms with E-state index in [4.69, 9.17) is 10.00 Å². The smallest absolute Gasteiger partial charge is 0.260 e. The third-order valence-corrected chi connectivity index (χ3v) is 5.32. The van der Waals surface area contributed by atoms with Crippen LogP contribution in [0.5, 0.6) is 5.75 Å². The zero-order valence-electron chi connectivity index (χ0n) is 17.1. The summed E-state index contributed by atoms with van der Waals surface area (Å²) in [4.78, 5) is 21.7. The Morgan fingerprint density at radius 2 is 1.88 bits per heavy atom. The number of nitriles is 1. The highest BCUT2D eigenvalue weighted by atomic mass is 16.5. The number of carbonyl (C=O) groups is 1. The van der Waals surface area contributed by atoms with Crippen molar-refractivity contribution in [2.75, 3.05) is 18.4 Å². The van der Waals surface area contributed by atoms with Crippen molar-refractivity contribution in [3.63, 3.8) is 0 Å². The second-order valence-electron chi connectivity index (χ2n) is 7.50. The monoisotopic (exact) mass is 421 g/mol. The van der Waals surface area contributed by atoms with Crippen LogP contribution in [0.25, 0.3) is 22.2 Å². The lowest BCUT2D eigenvalue weighted by molar-refractivity contribution is 0.101. The van der Waals surface area contributed by atoms with E-state index in [1.54, 1.807) is 30.5 Å². The van der Waals surface area contributed by atoms with Crippen LogP contribution in [0.15, 0.2) is 72.9 Å². The normalized spacial score (nSPS) is 13.2. The van der Waals surface area contributed by atoms with Crippen LogP contribution in [0.3, 0.4) is 0 Å². The molecule has 7 heteroatoms. The Bertz CT molecular complexity index is 1340. The zero-order valence-corrected chi connectivity index (χ0v) is 17.1. The van der Waals surface area contributed by atoms with E-state index in [0.717, 1.165) is 29.6 Å². The van der Waals surface area contributed by atoms with Gasteiger partial charge in [-0.2, -0.15) is 5.26 Å². The second-order valence-corrected chi connectivity index (χ2v) is 7.50. The number of carbonyl (C=O) groups excluding carboxylic acids is 1. The number of pyridine rings is 2. The van der Waals surface area contributed by atoms with Crippen molar-refractivity contribution in [1.82, 2.24) is 15.3 Å². The lowest BCUT2D eigenvalue weighted by Gasteiger charge is -2.28. The molecular weight excluding hydrogens is 402 g/mol. The third-order valence-electron chi connectivity index (χ3n) is 5.32. The topological polar surface area (TPSA) is 99.9 Å². The maximum atomic E-state index is 13.1. The number of nitrogens with one attached hydrogen (secondary N) is 2. The Morgan fingerprint density at radius 3 is 2.62 bits per heavy atom. The average molecular weight is 421 g/mol. The number of rotatable bonds is 5. The molecule has 5 rings (SSSR count). The van der Waals surface area contributed by atoms with Gasteiger partial charge in [0.25, 0.3) is 5.91 Å². The van der Waals surface area contributed by atoms with Crippen LogP contribution in [0.4, 0.5) is 5.82 Å². The molecule has 4 aromatic rings. The van der Waals surface area contributed by atoms with Crippen LogP contribution >= 0.6 is 0 Å². The predicted octanol–water partition coefficient (Wildman–Crippen LogP) is 3.77. The van der Waals surface area contributed by atoms with Gasteiger partial charge in [-0.05, 0) is 59.7 Å². The molecule has 0 saturated carbocycles. The molecule has 1 amide bonds. The highest BCUT2D eigenvalue weighted by Crippen LogP contribution is 2.29. The van der Waals surface area contributed by atoms with Gasteiger partial charge in [0.15, 0.2) is 5.65 Å². The van der Waals surface area contributed by atoms with E-state index in [9.17, 15) is 4.79 Å². The van der Waals surface area contributed by atoms with Gasteiger partial charge in [-0.15, -0.1) is 0 Å². The van der Waals surface area contributed by atoms with Crippen molar-refractivity contribution in [2.45, 2.75) is 6.10 Å². The number of benzene rings is 2. The molecule has 0 unspecified atom stereocenters. The zero-order chi connectivity index (χ0) is 21.9. The predicted molar refractivity (Wildman–Crippen MR) is 121 cm³/mol. The number of hydrogen-bond acceptors (Lipinski definition) is 6. The molecule has 1 aliphatic heterocycles. The van der Waals surface area contributed by atoms with Gasteiger partial charge in [0.1, 0.15) is 17.7 Å². The molecule has 1 saturated heterocycles. The molecule has 3 heterocycles. The van der Waals surface area contributed by atoms with Gasteiger partial charge in [-0.25, -0.2) is 9.97 Å². The van der Waals surface area contributed by atoms with Gasteiger partial charge >= 0.3 is 0 Å². The van der Waals surface area contributed by atoms with Crippen LogP contribution in [-0.2, 0) is 0 Å². The maximum Gasteiger partial charge on any atom is 0.260 e. The molecule has 1 fully saturated rings. The first-order valence-electron chi connectivity index (χ1n) is 10.2. The van der Waals surface area contributed by atoms with Crippen molar-refractivity contribution in [3.8, 4) is 22.9 Å². The minimum absolute atomic E-state index is 0.0146. The molecule has 156 valence electrons. The highest BCUT2D eigenvalue weighted by Gasteiger charge is 2.22. The van der Waals surface area contributed by atoms with Crippen LogP contribution < -0.4 is 15.4 Å². The molecule has 0 radical (unpaired) electrons. The molecule has 2 aromatic heterocycles. The number of nitrogens with zero attached hydrogens (tertiary/aromatic N) is 3. The Labute approximate surface area is 184 Å². The van der Waals surface area contributed by atoms with Crippen molar-refractivity contribution in [1.29, 1.82) is 5.26 Å². The summed E-state index contributed by atoms with van der Waals surface area (Å²) in [6, 6.07) is 22.3. The summed E-state index contributed by atoms with van der Waals surface area (Å²) >= 11 is 0. The first-order chi connectivity index (χ1) is 15.7. The summed E-state index contributed by atoms with van der Waals surface area (Å²) in [5.41, 5.74) is 3.44. The van der Waals surface area contributed by atoms with E-state index in [1.165, 1.54) is 0 Å². The third kappa shape index (κ3) is 4.00. The summed E-state index contributed by atoms with van der Waals surface area (Å²) in [6.07, 6.45) is 1.68. The van der Waals surface area contributed by atoms with Gasteiger partial charge in [0, 0.05) is 24.7 Å². The van der Waals surface area contributed by atoms with Crippen molar-refractivity contribution in [2.24, 2.45) is 0 Å². The van der Waals surface area contributed by atoms with E-state index in [1.807, 2.05) is 42.5 Å². The summed E-state index contributed by atoms with van der Waals surface area (Å²) in [6.45, 7) is 1.47. The molecule has 7 nitrogen and oxygen atoms in total. The molecule has 0 aliphatic carbocycles. The van der Waals surface area contributed by atoms with Crippen LogP contribution in [0.2, 0.25) is 0 Å². The van der Waals surface area contributed by atoms with Gasteiger partial charge < -0.3 is 15.4 Å². The summed E-state index contributed by atoms with van der Waals surface area (Å²) in [5.74, 6) is 0.629. The number of aromatic nitrogens is 2. The molecular formula is C25H19N5O2. The van der Waals surface area contributed by atoms with Crippen molar-refractivity contribution < 1.29 is 9.53 Å². The Kier molecular flexibility index (Phi) is 5.20. The summed E-state index contributed by atoms with van der Waals surface area (Å²) in [5, 5.41) is 16.0. The van der Waals surface area contributed by atoms with Crippen LogP contribution in [0.1, 0.15) is 15.9 Å². The maximum absolute atomic E-state index is 13.1. The molecule has 2 N–H and O–H groups in total. The first-order valence-corrected chi connectivity index (χ1v) is 10.2. The fourth-order valence-electron chi connectivity index (χ4n) is 3.46. The minimum atomic E-state index is -0.304. The van der Waals surface area contributed by atoms with E-state index < -0.39 is 0 Å². The molecule has 0 bridgehead atoms. The number of anilines is 1. The molecule has 32 heavy (non-hydrogen) atoms. The SMILES string of the molecule is N#Cc1ccc(-c2ccc(C(=O)Nc3ccc4cccnc4n3)c(OC3CNC3)c2)cc1. The van der Waals surface area contributed by atoms with Gasteiger partial charge in [0.05, 0.1) is 17.2 Å². The fourth-order valence-corrected chi connectivity index (χ4v) is 3.46. The van der Waals surface area contributed by atoms with Crippen molar-refractivity contribution in [3.05, 3.63) is 84.1 Å². The number of amides is 1. The molecule has 1 aliphatic rings. The first kappa shape index (κ1) is 19.7. The summed E-state index contributed by atoms with van der Waals surface area (Å²) in [7, 11) is 0. The lowest BCUT2D eigenvalue weighted by atomic mass is 10.0. The molecule has 0 spiro atoms. The quantitative estimate of drug-likeness (QED) is 0.509. The average Bonchev–Trinajstić information content (AvgIpc) is 2.81. The van der Waals surface area contributed by atoms with E-state index >= 15 is 0 Å². The lowest BCUT2D eigenvalue weighted by Crippen LogP contribution is -2.50. The largest absolute Gasteiger partial charge is 0.487 e. The van der Waals surface area contributed by atoms with E-state index in [-0.39, 0.29) is 12.0 Å². The van der Waals surface area contributed by atoms with Gasteiger partial charge in [-0.3, -0.25) is 4.79 Å².